The highest BCUT2D eigenvalue weighted by molar-refractivity contribution is 5.76. The Kier molecular flexibility index (Phi) is 6.79. The average Bonchev–Trinajstić information content (AvgIpc) is 2.64. The van der Waals surface area contributed by atoms with Crippen LogP contribution in [0.3, 0.4) is 0 Å². The molecule has 2 N–H and O–H groups in total. The molecule has 0 spiro atoms. The molecule has 0 aliphatic heterocycles. The maximum Gasteiger partial charge on any atom is 0.273 e. The van der Waals surface area contributed by atoms with E-state index < -0.39 is 0 Å². The SMILES string of the molecule is CC(C)CNC(=O)CCc1nnc(-c2ccc(OCC3CCC3)cc2)[nH]c1=O. The van der Waals surface area contributed by atoms with Gasteiger partial charge in [0.25, 0.3) is 5.56 Å². The first-order valence-electron chi connectivity index (χ1n) is 9.97. The van der Waals surface area contributed by atoms with Gasteiger partial charge in [-0.1, -0.05) is 20.3 Å². The van der Waals surface area contributed by atoms with Crippen LogP contribution in [0.2, 0.25) is 0 Å². The van der Waals surface area contributed by atoms with E-state index in [0.717, 1.165) is 17.9 Å². The fourth-order valence-electron chi connectivity index (χ4n) is 2.87. The van der Waals surface area contributed by atoms with E-state index >= 15 is 0 Å². The van der Waals surface area contributed by atoms with Crippen molar-refractivity contribution >= 4 is 5.91 Å². The molecule has 1 aromatic heterocycles. The quantitative estimate of drug-likeness (QED) is 0.693. The number of carbonyl (C=O) groups excluding carboxylic acids is 1. The molecule has 7 nitrogen and oxygen atoms in total. The molecule has 1 saturated carbocycles. The van der Waals surface area contributed by atoms with Crippen LogP contribution >= 0.6 is 0 Å². The maximum atomic E-state index is 12.3. The van der Waals surface area contributed by atoms with E-state index in [1.165, 1.54) is 19.3 Å². The van der Waals surface area contributed by atoms with Crippen LogP contribution in [0.25, 0.3) is 11.4 Å². The van der Waals surface area contributed by atoms with E-state index in [4.69, 9.17) is 4.74 Å². The molecule has 1 aromatic carbocycles. The highest BCUT2D eigenvalue weighted by Crippen LogP contribution is 2.27. The zero-order chi connectivity index (χ0) is 19.9. The smallest absolute Gasteiger partial charge is 0.273 e. The number of rotatable bonds is 9. The van der Waals surface area contributed by atoms with Crippen LogP contribution in [-0.2, 0) is 11.2 Å². The molecule has 1 amide bonds. The zero-order valence-corrected chi connectivity index (χ0v) is 16.5. The number of amides is 1. The summed E-state index contributed by atoms with van der Waals surface area (Å²) in [5.74, 6) is 2.21. The average molecular weight is 384 g/mol. The van der Waals surface area contributed by atoms with E-state index in [2.05, 4.69) is 20.5 Å². The summed E-state index contributed by atoms with van der Waals surface area (Å²) in [4.78, 5) is 26.8. The molecule has 0 saturated heterocycles. The number of benzene rings is 1. The Morgan fingerprint density at radius 2 is 2.00 bits per heavy atom. The zero-order valence-electron chi connectivity index (χ0n) is 16.5. The van der Waals surface area contributed by atoms with Gasteiger partial charge in [-0.05, 0) is 48.9 Å². The van der Waals surface area contributed by atoms with Crippen molar-refractivity contribution in [3.63, 3.8) is 0 Å². The largest absolute Gasteiger partial charge is 0.493 e. The van der Waals surface area contributed by atoms with E-state index in [-0.39, 0.29) is 30.0 Å². The van der Waals surface area contributed by atoms with Crippen LogP contribution in [0.1, 0.15) is 45.2 Å². The fourth-order valence-corrected chi connectivity index (χ4v) is 2.87. The van der Waals surface area contributed by atoms with E-state index in [1.54, 1.807) is 0 Å². The number of nitrogens with zero attached hydrogens (tertiary/aromatic N) is 2. The molecule has 0 atom stereocenters. The Morgan fingerprint density at radius 3 is 2.61 bits per heavy atom. The van der Waals surface area contributed by atoms with Gasteiger partial charge in [-0.25, -0.2) is 0 Å². The van der Waals surface area contributed by atoms with Gasteiger partial charge in [0.15, 0.2) is 5.82 Å². The Labute approximate surface area is 164 Å². The second kappa shape index (κ2) is 9.48. The Morgan fingerprint density at radius 1 is 1.25 bits per heavy atom. The van der Waals surface area contributed by atoms with Crippen molar-refractivity contribution in [1.82, 2.24) is 20.5 Å². The predicted molar refractivity (Wildman–Crippen MR) is 107 cm³/mol. The summed E-state index contributed by atoms with van der Waals surface area (Å²) in [6.45, 7) is 5.44. The van der Waals surface area contributed by atoms with E-state index in [9.17, 15) is 9.59 Å². The van der Waals surface area contributed by atoms with Crippen molar-refractivity contribution in [2.75, 3.05) is 13.2 Å². The van der Waals surface area contributed by atoms with Gasteiger partial charge < -0.3 is 15.0 Å². The van der Waals surface area contributed by atoms with Crippen LogP contribution in [0.5, 0.6) is 5.75 Å². The number of nitrogens with one attached hydrogen (secondary N) is 2. The van der Waals surface area contributed by atoms with Crippen molar-refractivity contribution in [3.8, 4) is 17.1 Å². The van der Waals surface area contributed by atoms with Gasteiger partial charge in [0.05, 0.1) is 6.61 Å². The maximum absolute atomic E-state index is 12.3. The second-order valence-corrected chi connectivity index (χ2v) is 7.78. The number of aryl methyl sites for hydroxylation is 1. The molecule has 0 unspecified atom stereocenters. The third kappa shape index (κ3) is 5.65. The number of hydrogen-bond acceptors (Lipinski definition) is 5. The number of carbonyl (C=O) groups is 1. The number of ether oxygens (including phenoxy) is 1. The molecule has 1 fully saturated rings. The third-order valence-corrected chi connectivity index (χ3v) is 4.90. The normalized spacial score (nSPS) is 14.0. The lowest BCUT2D eigenvalue weighted by Gasteiger charge is -2.25. The minimum atomic E-state index is -0.313. The molecular weight excluding hydrogens is 356 g/mol. The minimum absolute atomic E-state index is 0.0866. The Bertz CT molecular complexity index is 841. The van der Waals surface area contributed by atoms with Gasteiger partial charge in [-0.3, -0.25) is 9.59 Å². The summed E-state index contributed by atoms with van der Waals surface area (Å²) < 4.78 is 5.79. The van der Waals surface area contributed by atoms with E-state index in [0.29, 0.717) is 24.2 Å². The van der Waals surface area contributed by atoms with Gasteiger partial charge in [0.1, 0.15) is 11.4 Å². The lowest BCUT2D eigenvalue weighted by Crippen LogP contribution is -2.28. The Hall–Kier alpha value is -2.70. The summed E-state index contributed by atoms with van der Waals surface area (Å²) in [5, 5.41) is 11.0. The standard InChI is InChI=1S/C21H28N4O3/c1-14(2)12-22-19(26)11-10-18-21(27)23-20(25-24-18)16-6-8-17(9-7-16)28-13-15-4-3-5-15/h6-9,14-15H,3-5,10-13H2,1-2H3,(H,22,26)(H,23,25,27). The lowest BCUT2D eigenvalue weighted by atomic mass is 9.86. The van der Waals surface area contributed by atoms with Gasteiger partial charge in [-0.15, -0.1) is 10.2 Å². The van der Waals surface area contributed by atoms with Crippen LogP contribution in [-0.4, -0.2) is 34.2 Å². The van der Waals surface area contributed by atoms with Gasteiger partial charge in [-0.2, -0.15) is 0 Å². The molecule has 7 heteroatoms. The second-order valence-electron chi connectivity index (χ2n) is 7.78. The molecule has 1 aliphatic carbocycles. The van der Waals surface area contributed by atoms with Crippen LogP contribution in [0.4, 0.5) is 0 Å². The molecule has 28 heavy (non-hydrogen) atoms. The summed E-state index contributed by atoms with van der Waals surface area (Å²) in [6, 6.07) is 7.46. The van der Waals surface area contributed by atoms with Crippen molar-refractivity contribution in [2.24, 2.45) is 11.8 Å². The topological polar surface area (TPSA) is 97.0 Å². The van der Waals surface area contributed by atoms with Crippen molar-refractivity contribution in [3.05, 3.63) is 40.3 Å². The summed E-state index contributed by atoms with van der Waals surface area (Å²) in [5.41, 5.74) is 0.720. The summed E-state index contributed by atoms with van der Waals surface area (Å²) >= 11 is 0. The fraction of sp³-hybridized carbons (Fsp3) is 0.524. The number of hydrogen-bond donors (Lipinski definition) is 2. The summed E-state index contributed by atoms with van der Waals surface area (Å²) in [6.07, 6.45) is 4.29. The number of H-pyrrole nitrogens is 1. The molecule has 2 aromatic rings. The van der Waals surface area contributed by atoms with Crippen molar-refractivity contribution in [1.29, 1.82) is 0 Å². The van der Waals surface area contributed by atoms with Crippen LogP contribution in [0, 0.1) is 11.8 Å². The molecule has 0 radical (unpaired) electrons. The third-order valence-electron chi connectivity index (χ3n) is 4.90. The predicted octanol–water partition coefficient (Wildman–Crippen LogP) is 2.72. The molecule has 150 valence electrons. The van der Waals surface area contributed by atoms with Crippen LogP contribution < -0.4 is 15.6 Å². The minimum Gasteiger partial charge on any atom is -0.493 e. The van der Waals surface area contributed by atoms with Gasteiger partial charge in [0.2, 0.25) is 5.91 Å². The summed E-state index contributed by atoms with van der Waals surface area (Å²) in [7, 11) is 0. The first-order chi connectivity index (χ1) is 13.5. The highest BCUT2D eigenvalue weighted by atomic mass is 16.5. The highest BCUT2D eigenvalue weighted by Gasteiger charge is 2.17. The van der Waals surface area contributed by atoms with Crippen molar-refractivity contribution < 1.29 is 9.53 Å². The van der Waals surface area contributed by atoms with Gasteiger partial charge in [0, 0.05) is 24.9 Å². The first-order valence-corrected chi connectivity index (χ1v) is 9.97. The van der Waals surface area contributed by atoms with Crippen LogP contribution in [0.15, 0.2) is 29.1 Å². The van der Waals surface area contributed by atoms with E-state index in [1.807, 2.05) is 38.1 Å². The molecule has 0 bridgehead atoms. The van der Waals surface area contributed by atoms with Crippen molar-refractivity contribution in [2.45, 2.75) is 46.0 Å². The lowest BCUT2D eigenvalue weighted by molar-refractivity contribution is -0.121. The molecular formula is C21H28N4O3. The number of aromatic nitrogens is 3. The Balaban J connectivity index is 1.55. The first kappa shape index (κ1) is 20.0. The molecule has 1 aliphatic rings. The van der Waals surface area contributed by atoms with Gasteiger partial charge >= 0.3 is 0 Å². The molecule has 3 rings (SSSR count). The molecule has 1 heterocycles. The number of aromatic amines is 1. The monoisotopic (exact) mass is 384 g/mol.